The molecule has 0 atom stereocenters. The molecule has 0 fully saturated rings. The molecule has 2 aromatic rings. The van der Waals surface area contributed by atoms with E-state index in [1.165, 1.54) is 5.56 Å². The maximum Gasteiger partial charge on any atom is 0.0965 e. The summed E-state index contributed by atoms with van der Waals surface area (Å²) < 4.78 is 1.89. The maximum absolute atomic E-state index is 4.42. The highest BCUT2D eigenvalue weighted by atomic mass is 15.4. The molecule has 0 amide bonds. The predicted octanol–water partition coefficient (Wildman–Crippen LogP) is 2.28. The van der Waals surface area contributed by atoms with Gasteiger partial charge in [0, 0.05) is 19.3 Å². The van der Waals surface area contributed by atoms with Gasteiger partial charge in [-0.25, -0.2) is 4.68 Å². The van der Waals surface area contributed by atoms with Crippen LogP contribution in [0.5, 0.6) is 0 Å². The highest BCUT2D eigenvalue weighted by Crippen LogP contribution is 2.11. The Kier molecular flexibility index (Phi) is 4.49. The topological polar surface area (TPSA) is 55.6 Å². The summed E-state index contributed by atoms with van der Waals surface area (Å²) in [6.45, 7) is 9.94. The second kappa shape index (κ2) is 6.13. The second-order valence-electron chi connectivity index (χ2n) is 5.89. The van der Waals surface area contributed by atoms with Gasteiger partial charge in [-0.1, -0.05) is 18.2 Å². The van der Waals surface area contributed by atoms with Crippen molar-refractivity contribution in [1.29, 1.82) is 0 Å². The van der Waals surface area contributed by atoms with Crippen molar-refractivity contribution < 1.29 is 0 Å². The van der Waals surface area contributed by atoms with Gasteiger partial charge in [0.1, 0.15) is 0 Å². The lowest BCUT2D eigenvalue weighted by molar-refractivity contribution is 0.347. The zero-order valence-electron chi connectivity index (χ0n) is 12.7. The standard InChI is InChI=1S/C15H23N5/c1-5-12-7-6-8-17-14(12)10-16-9-13-11-20(19-18-13)15(2,3)4/h6-8,11,16H,5,9-10H2,1-4H3. The van der Waals surface area contributed by atoms with Gasteiger partial charge < -0.3 is 5.32 Å². The van der Waals surface area contributed by atoms with Crippen molar-refractivity contribution in [2.75, 3.05) is 0 Å². The fourth-order valence-electron chi connectivity index (χ4n) is 1.97. The number of pyridine rings is 1. The van der Waals surface area contributed by atoms with Crippen LogP contribution in [0, 0.1) is 0 Å². The predicted molar refractivity (Wildman–Crippen MR) is 79.2 cm³/mol. The zero-order valence-corrected chi connectivity index (χ0v) is 12.7. The van der Waals surface area contributed by atoms with E-state index in [0.717, 1.165) is 24.4 Å². The Balaban J connectivity index is 1.91. The highest BCUT2D eigenvalue weighted by molar-refractivity contribution is 5.19. The molecule has 0 saturated carbocycles. The van der Waals surface area contributed by atoms with Crippen molar-refractivity contribution in [2.45, 2.75) is 52.7 Å². The molecule has 0 aliphatic rings. The van der Waals surface area contributed by atoms with Crippen LogP contribution >= 0.6 is 0 Å². The van der Waals surface area contributed by atoms with Gasteiger partial charge in [-0.2, -0.15) is 0 Å². The minimum absolute atomic E-state index is 0.0262. The molecule has 0 aliphatic carbocycles. The zero-order chi connectivity index (χ0) is 14.6. The molecule has 0 aromatic carbocycles. The molecule has 20 heavy (non-hydrogen) atoms. The Morgan fingerprint density at radius 3 is 2.70 bits per heavy atom. The number of nitrogens with one attached hydrogen (secondary N) is 1. The average Bonchev–Trinajstić information content (AvgIpc) is 2.88. The summed E-state index contributed by atoms with van der Waals surface area (Å²) >= 11 is 0. The van der Waals surface area contributed by atoms with Gasteiger partial charge in [0.15, 0.2) is 0 Å². The van der Waals surface area contributed by atoms with Crippen LogP contribution in [-0.4, -0.2) is 20.0 Å². The van der Waals surface area contributed by atoms with Crippen molar-refractivity contribution in [2.24, 2.45) is 0 Å². The Labute approximate surface area is 120 Å². The van der Waals surface area contributed by atoms with Crippen LogP contribution in [0.3, 0.4) is 0 Å². The number of hydrogen-bond donors (Lipinski definition) is 1. The van der Waals surface area contributed by atoms with Crippen molar-refractivity contribution in [3.8, 4) is 0 Å². The molecule has 0 saturated heterocycles. The van der Waals surface area contributed by atoms with Gasteiger partial charge in [0.25, 0.3) is 0 Å². The Morgan fingerprint density at radius 1 is 1.25 bits per heavy atom. The first-order valence-electron chi connectivity index (χ1n) is 7.06. The van der Waals surface area contributed by atoms with E-state index >= 15 is 0 Å². The van der Waals surface area contributed by atoms with E-state index in [2.05, 4.69) is 54.4 Å². The van der Waals surface area contributed by atoms with Crippen LogP contribution < -0.4 is 5.32 Å². The molecular formula is C15H23N5. The summed E-state index contributed by atoms with van der Waals surface area (Å²) in [6.07, 6.45) is 4.84. The van der Waals surface area contributed by atoms with E-state index in [4.69, 9.17) is 0 Å². The van der Waals surface area contributed by atoms with E-state index in [1.807, 2.05) is 23.1 Å². The quantitative estimate of drug-likeness (QED) is 0.908. The van der Waals surface area contributed by atoms with Gasteiger partial charge in [-0.15, -0.1) is 5.10 Å². The number of aryl methyl sites for hydroxylation is 1. The molecule has 0 spiro atoms. The monoisotopic (exact) mass is 273 g/mol. The lowest BCUT2D eigenvalue weighted by Gasteiger charge is -2.17. The molecule has 2 rings (SSSR count). The van der Waals surface area contributed by atoms with Crippen molar-refractivity contribution in [1.82, 2.24) is 25.3 Å². The SMILES string of the molecule is CCc1cccnc1CNCc1cn(C(C)(C)C)nn1. The Morgan fingerprint density at radius 2 is 2.05 bits per heavy atom. The summed E-state index contributed by atoms with van der Waals surface area (Å²) in [5.41, 5.74) is 3.33. The molecule has 108 valence electrons. The molecule has 5 nitrogen and oxygen atoms in total. The van der Waals surface area contributed by atoms with Crippen LogP contribution in [0.4, 0.5) is 0 Å². The van der Waals surface area contributed by atoms with Crippen molar-refractivity contribution in [3.63, 3.8) is 0 Å². The minimum Gasteiger partial charge on any atom is -0.305 e. The van der Waals surface area contributed by atoms with Crippen molar-refractivity contribution >= 4 is 0 Å². The van der Waals surface area contributed by atoms with Gasteiger partial charge in [0.2, 0.25) is 0 Å². The van der Waals surface area contributed by atoms with E-state index in [-0.39, 0.29) is 5.54 Å². The maximum atomic E-state index is 4.42. The van der Waals surface area contributed by atoms with Crippen LogP contribution in [0.25, 0.3) is 0 Å². The summed E-state index contributed by atoms with van der Waals surface area (Å²) in [4.78, 5) is 4.42. The van der Waals surface area contributed by atoms with E-state index < -0.39 is 0 Å². The van der Waals surface area contributed by atoms with Crippen LogP contribution in [0.2, 0.25) is 0 Å². The highest BCUT2D eigenvalue weighted by Gasteiger charge is 2.14. The van der Waals surface area contributed by atoms with Gasteiger partial charge >= 0.3 is 0 Å². The molecule has 1 N–H and O–H groups in total. The largest absolute Gasteiger partial charge is 0.305 e. The molecule has 2 aromatic heterocycles. The van der Waals surface area contributed by atoms with Crippen molar-refractivity contribution in [3.05, 3.63) is 41.5 Å². The third kappa shape index (κ3) is 3.63. The lowest BCUT2D eigenvalue weighted by Crippen LogP contribution is -2.22. The summed E-state index contributed by atoms with van der Waals surface area (Å²) in [5.74, 6) is 0. The van der Waals surface area contributed by atoms with Gasteiger partial charge in [-0.05, 0) is 38.8 Å². The van der Waals surface area contributed by atoms with Crippen LogP contribution in [0.1, 0.15) is 44.6 Å². The summed E-state index contributed by atoms with van der Waals surface area (Å²) in [7, 11) is 0. The van der Waals surface area contributed by atoms with Gasteiger partial charge in [0.05, 0.1) is 23.1 Å². The van der Waals surface area contributed by atoms with Crippen LogP contribution in [-0.2, 0) is 25.0 Å². The molecule has 0 aliphatic heterocycles. The number of hydrogen-bond acceptors (Lipinski definition) is 4. The fraction of sp³-hybridized carbons (Fsp3) is 0.533. The Hall–Kier alpha value is -1.75. The fourth-order valence-corrected chi connectivity index (χ4v) is 1.97. The summed E-state index contributed by atoms with van der Waals surface area (Å²) in [6, 6.07) is 4.11. The van der Waals surface area contributed by atoms with Crippen LogP contribution in [0.15, 0.2) is 24.5 Å². The molecular weight excluding hydrogens is 250 g/mol. The number of rotatable bonds is 5. The average molecular weight is 273 g/mol. The van der Waals surface area contributed by atoms with E-state index in [9.17, 15) is 0 Å². The lowest BCUT2D eigenvalue weighted by atomic mass is 10.1. The first-order valence-corrected chi connectivity index (χ1v) is 7.06. The minimum atomic E-state index is -0.0262. The Bertz CT molecular complexity index is 553. The molecule has 0 unspecified atom stereocenters. The third-order valence-corrected chi connectivity index (χ3v) is 3.19. The molecule has 5 heteroatoms. The normalized spacial score (nSPS) is 11.8. The summed E-state index contributed by atoms with van der Waals surface area (Å²) in [5, 5.41) is 11.7. The van der Waals surface area contributed by atoms with E-state index in [1.54, 1.807) is 0 Å². The van der Waals surface area contributed by atoms with Gasteiger partial charge in [-0.3, -0.25) is 4.98 Å². The molecule has 2 heterocycles. The first-order chi connectivity index (χ1) is 9.50. The number of aromatic nitrogens is 4. The third-order valence-electron chi connectivity index (χ3n) is 3.19. The first kappa shape index (κ1) is 14.7. The smallest absolute Gasteiger partial charge is 0.0965 e. The molecule has 0 bridgehead atoms. The molecule has 0 radical (unpaired) electrons. The second-order valence-corrected chi connectivity index (χ2v) is 5.89. The number of nitrogens with zero attached hydrogens (tertiary/aromatic N) is 4. The van der Waals surface area contributed by atoms with E-state index in [0.29, 0.717) is 6.54 Å².